The zero-order chi connectivity index (χ0) is 20.8. The van der Waals surface area contributed by atoms with E-state index in [0.29, 0.717) is 12.3 Å². The smallest absolute Gasteiger partial charge is 0.261 e. The summed E-state index contributed by atoms with van der Waals surface area (Å²) < 4.78 is 5.86. The molecule has 1 aliphatic rings. The summed E-state index contributed by atoms with van der Waals surface area (Å²) in [4.78, 5) is 15.0. The van der Waals surface area contributed by atoms with Crippen LogP contribution >= 0.6 is 0 Å². The SMILES string of the molecule is C[C@@H](Oc1ccc2ccccc2c1)C(=O)NCc1ccc(CN2CCCCC2)cc1. The van der Waals surface area contributed by atoms with Gasteiger partial charge in [-0.15, -0.1) is 0 Å². The summed E-state index contributed by atoms with van der Waals surface area (Å²) in [5.41, 5.74) is 2.43. The standard InChI is InChI=1S/C26H30N2O2/c1-20(30-25-14-13-23-7-3-4-8-24(23)17-25)26(29)27-18-21-9-11-22(12-10-21)19-28-15-5-2-6-16-28/h3-4,7-14,17,20H,2,5-6,15-16,18-19H2,1H3,(H,27,29)/t20-/m1/s1. The highest BCUT2D eigenvalue weighted by atomic mass is 16.5. The van der Waals surface area contributed by atoms with E-state index in [0.717, 1.165) is 22.9 Å². The highest BCUT2D eigenvalue weighted by molar-refractivity contribution is 5.84. The van der Waals surface area contributed by atoms with Crippen molar-refractivity contribution in [2.75, 3.05) is 13.1 Å². The largest absolute Gasteiger partial charge is 0.481 e. The topological polar surface area (TPSA) is 41.6 Å². The van der Waals surface area contributed by atoms with Gasteiger partial charge in [0, 0.05) is 13.1 Å². The van der Waals surface area contributed by atoms with Gasteiger partial charge in [-0.05, 0) is 66.9 Å². The third-order valence-electron chi connectivity index (χ3n) is 5.75. The molecule has 3 aromatic rings. The Hall–Kier alpha value is -2.85. The lowest BCUT2D eigenvalue weighted by Gasteiger charge is -2.26. The average molecular weight is 403 g/mol. The molecular formula is C26H30N2O2. The summed E-state index contributed by atoms with van der Waals surface area (Å²) in [5, 5.41) is 5.24. The summed E-state index contributed by atoms with van der Waals surface area (Å²) >= 11 is 0. The maximum Gasteiger partial charge on any atom is 0.261 e. The first-order valence-electron chi connectivity index (χ1n) is 10.9. The highest BCUT2D eigenvalue weighted by Gasteiger charge is 2.15. The lowest BCUT2D eigenvalue weighted by atomic mass is 10.1. The molecule has 4 heteroatoms. The summed E-state index contributed by atoms with van der Waals surface area (Å²) in [6.45, 7) is 5.71. The van der Waals surface area contributed by atoms with E-state index in [1.165, 1.54) is 37.9 Å². The van der Waals surface area contributed by atoms with Gasteiger partial charge >= 0.3 is 0 Å². The molecule has 0 saturated carbocycles. The molecule has 4 rings (SSSR count). The fraction of sp³-hybridized carbons (Fsp3) is 0.346. The molecule has 1 amide bonds. The number of benzene rings is 3. The molecule has 4 nitrogen and oxygen atoms in total. The van der Waals surface area contributed by atoms with Gasteiger partial charge in [0.1, 0.15) is 5.75 Å². The number of fused-ring (bicyclic) bond motifs is 1. The maximum absolute atomic E-state index is 12.5. The van der Waals surface area contributed by atoms with Gasteiger partial charge in [0.25, 0.3) is 5.91 Å². The molecule has 3 aromatic carbocycles. The number of hydrogen-bond donors (Lipinski definition) is 1. The first-order chi connectivity index (χ1) is 14.7. The third kappa shape index (κ3) is 5.39. The molecule has 156 valence electrons. The van der Waals surface area contributed by atoms with Crippen molar-refractivity contribution in [3.63, 3.8) is 0 Å². The fourth-order valence-electron chi connectivity index (χ4n) is 3.97. The van der Waals surface area contributed by atoms with Crippen molar-refractivity contribution in [2.45, 2.75) is 45.4 Å². The van der Waals surface area contributed by atoms with Crippen LogP contribution in [0.1, 0.15) is 37.3 Å². The van der Waals surface area contributed by atoms with Crippen LogP contribution in [0.2, 0.25) is 0 Å². The van der Waals surface area contributed by atoms with Gasteiger partial charge in [-0.2, -0.15) is 0 Å². The molecule has 0 aliphatic carbocycles. The maximum atomic E-state index is 12.5. The lowest BCUT2D eigenvalue weighted by Crippen LogP contribution is -2.35. The molecule has 30 heavy (non-hydrogen) atoms. The first kappa shape index (κ1) is 20.4. The van der Waals surface area contributed by atoms with Crippen LogP contribution in [0, 0.1) is 0 Å². The summed E-state index contributed by atoms with van der Waals surface area (Å²) in [6.07, 6.45) is 3.43. The number of nitrogens with one attached hydrogen (secondary N) is 1. The van der Waals surface area contributed by atoms with E-state index in [1.54, 1.807) is 6.92 Å². The Bertz CT molecular complexity index is 978. The molecule has 1 atom stereocenters. The summed E-state index contributed by atoms with van der Waals surface area (Å²) in [7, 11) is 0. The molecule has 1 N–H and O–H groups in total. The Morgan fingerprint density at radius 3 is 2.40 bits per heavy atom. The normalized spacial score (nSPS) is 15.6. The molecule has 0 spiro atoms. The van der Waals surface area contributed by atoms with Gasteiger partial charge in [0.15, 0.2) is 6.10 Å². The summed E-state index contributed by atoms with van der Waals surface area (Å²) in [6, 6.07) is 22.6. The Balaban J connectivity index is 1.26. The minimum absolute atomic E-state index is 0.111. The van der Waals surface area contributed by atoms with Crippen LogP contribution in [0.5, 0.6) is 5.75 Å². The van der Waals surface area contributed by atoms with Crippen molar-refractivity contribution in [1.82, 2.24) is 10.2 Å². The molecule has 0 radical (unpaired) electrons. The number of ether oxygens (including phenoxy) is 1. The number of carbonyl (C=O) groups is 1. The monoisotopic (exact) mass is 402 g/mol. The van der Waals surface area contributed by atoms with E-state index in [4.69, 9.17) is 4.74 Å². The van der Waals surface area contributed by atoms with Crippen LogP contribution in [-0.4, -0.2) is 30.0 Å². The number of carbonyl (C=O) groups excluding carboxylic acids is 1. The van der Waals surface area contributed by atoms with E-state index < -0.39 is 6.10 Å². The zero-order valence-electron chi connectivity index (χ0n) is 17.6. The van der Waals surface area contributed by atoms with Gasteiger partial charge in [-0.3, -0.25) is 9.69 Å². The minimum atomic E-state index is -0.551. The van der Waals surface area contributed by atoms with Gasteiger partial charge < -0.3 is 10.1 Å². The molecule has 0 unspecified atom stereocenters. The van der Waals surface area contributed by atoms with E-state index in [9.17, 15) is 4.79 Å². The predicted molar refractivity (Wildman–Crippen MR) is 121 cm³/mol. The highest BCUT2D eigenvalue weighted by Crippen LogP contribution is 2.21. The van der Waals surface area contributed by atoms with Crippen molar-refractivity contribution in [2.24, 2.45) is 0 Å². The molecule has 1 fully saturated rings. The molecule has 1 aliphatic heterocycles. The minimum Gasteiger partial charge on any atom is -0.481 e. The second-order valence-corrected chi connectivity index (χ2v) is 8.14. The fourth-order valence-corrected chi connectivity index (χ4v) is 3.97. The Labute approximate surface area is 178 Å². The Morgan fingerprint density at radius 1 is 0.933 bits per heavy atom. The molecule has 1 heterocycles. The lowest BCUT2D eigenvalue weighted by molar-refractivity contribution is -0.127. The molecule has 1 saturated heterocycles. The van der Waals surface area contributed by atoms with Gasteiger partial charge in [-0.1, -0.05) is 61.0 Å². The number of likely N-dealkylation sites (tertiary alicyclic amines) is 1. The quantitative estimate of drug-likeness (QED) is 0.611. The molecule has 0 aromatic heterocycles. The van der Waals surface area contributed by atoms with Gasteiger partial charge in [0.05, 0.1) is 0 Å². The third-order valence-corrected chi connectivity index (χ3v) is 5.75. The Morgan fingerprint density at radius 2 is 1.63 bits per heavy atom. The Kier molecular flexibility index (Phi) is 6.65. The van der Waals surface area contributed by atoms with Crippen LogP contribution in [0.4, 0.5) is 0 Å². The van der Waals surface area contributed by atoms with Gasteiger partial charge in [-0.25, -0.2) is 0 Å². The van der Waals surface area contributed by atoms with Crippen LogP contribution in [0.25, 0.3) is 10.8 Å². The number of amides is 1. The number of nitrogens with zero attached hydrogens (tertiary/aromatic N) is 1. The molecule has 0 bridgehead atoms. The predicted octanol–water partition coefficient (Wildman–Crippen LogP) is 4.91. The first-order valence-corrected chi connectivity index (χ1v) is 10.9. The van der Waals surface area contributed by atoms with Crippen molar-refractivity contribution >= 4 is 16.7 Å². The number of hydrogen-bond acceptors (Lipinski definition) is 3. The summed E-state index contributed by atoms with van der Waals surface area (Å²) in [5.74, 6) is 0.596. The van der Waals surface area contributed by atoms with Crippen LogP contribution < -0.4 is 10.1 Å². The van der Waals surface area contributed by atoms with Crippen LogP contribution in [-0.2, 0) is 17.9 Å². The van der Waals surface area contributed by atoms with E-state index >= 15 is 0 Å². The average Bonchev–Trinajstić information content (AvgIpc) is 2.79. The van der Waals surface area contributed by atoms with E-state index in [1.807, 2.05) is 36.4 Å². The zero-order valence-corrected chi connectivity index (χ0v) is 17.6. The van der Waals surface area contributed by atoms with Gasteiger partial charge in [0.2, 0.25) is 0 Å². The van der Waals surface area contributed by atoms with Crippen molar-refractivity contribution in [3.8, 4) is 5.75 Å². The molecular weight excluding hydrogens is 372 g/mol. The van der Waals surface area contributed by atoms with Crippen molar-refractivity contribution in [3.05, 3.63) is 77.9 Å². The van der Waals surface area contributed by atoms with Crippen LogP contribution in [0.3, 0.4) is 0 Å². The second kappa shape index (κ2) is 9.77. The number of piperidine rings is 1. The van der Waals surface area contributed by atoms with E-state index in [2.05, 4.69) is 40.5 Å². The second-order valence-electron chi connectivity index (χ2n) is 8.14. The van der Waals surface area contributed by atoms with Crippen molar-refractivity contribution in [1.29, 1.82) is 0 Å². The number of rotatable bonds is 7. The van der Waals surface area contributed by atoms with Crippen LogP contribution in [0.15, 0.2) is 66.7 Å². The van der Waals surface area contributed by atoms with Crippen molar-refractivity contribution < 1.29 is 9.53 Å². The van der Waals surface area contributed by atoms with E-state index in [-0.39, 0.29) is 5.91 Å².